The number of fused-ring (bicyclic) bond motifs is 1. The highest BCUT2D eigenvalue weighted by Crippen LogP contribution is 2.42. The van der Waals surface area contributed by atoms with Crippen LogP contribution in [0.4, 0.5) is 0 Å². The van der Waals surface area contributed by atoms with E-state index in [2.05, 4.69) is 5.32 Å². The van der Waals surface area contributed by atoms with Crippen molar-refractivity contribution < 1.29 is 14.6 Å². The molecule has 2 rings (SSSR count). The summed E-state index contributed by atoms with van der Waals surface area (Å²) in [6.07, 6.45) is 9.74. The van der Waals surface area contributed by atoms with Gasteiger partial charge in [0.2, 0.25) is 5.91 Å². The van der Waals surface area contributed by atoms with Gasteiger partial charge in [-0.1, -0.05) is 25.7 Å². The number of carbonyl (C=O) groups excluding carboxylic acids is 1. The SMILES string of the molecule is O=C(NCCCOCCO)C1CCC2CCCCC2C1. The van der Waals surface area contributed by atoms with Gasteiger partial charge in [0.15, 0.2) is 0 Å². The molecule has 3 atom stereocenters. The van der Waals surface area contributed by atoms with Gasteiger partial charge in [0.1, 0.15) is 0 Å². The fourth-order valence-electron chi connectivity index (χ4n) is 3.81. The van der Waals surface area contributed by atoms with Crippen LogP contribution in [0, 0.1) is 17.8 Å². The van der Waals surface area contributed by atoms with Crippen LogP contribution in [0.5, 0.6) is 0 Å². The van der Waals surface area contributed by atoms with Crippen LogP contribution < -0.4 is 5.32 Å². The zero-order valence-electron chi connectivity index (χ0n) is 12.5. The smallest absolute Gasteiger partial charge is 0.223 e. The average Bonchev–Trinajstić information content (AvgIpc) is 2.50. The number of carbonyl (C=O) groups is 1. The molecule has 0 aromatic heterocycles. The number of ether oxygens (including phenoxy) is 1. The van der Waals surface area contributed by atoms with Crippen LogP contribution >= 0.6 is 0 Å². The monoisotopic (exact) mass is 283 g/mol. The molecule has 2 aliphatic carbocycles. The summed E-state index contributed by atoms with van der Waals surface area (Å²) >= 11 is 0. The third-order valence-electron chi connectivity index (χ3n) is 4.91. The van der Waals surface area contributed by atoms with Gasteiger partial charge in [-0.25, -0.2) is 0 Å². The van der Waals surface area contributed by atoms with Crippen molar-refractivity contribution in [3.05, 3.63) is 0 Å². The highest BCUT2D eigenvalue weighted by molar-refractivity contribution is 5.78. The van der Waals surface area contributed by atoms with Crippen molar-refractivity contribution in [3.63, 3.8) is 0 Å². The second-order valence-electron chi connectivity index (χ2n) is 6.30. The Labute approximate surface area is 122 Å². The Morgan fingerprint density at radius 3 is 2.70 bits per heavy atom. The number of hydrogen-bond donors (Lipinski definition) is 2. The zero-order valence-corrected chi connectivity index (χ0v) is 12.5. The largest absolute Gasteiger partial charge is 0.394 e. The summed E-state index contributed by atoms with van der Waals surface area (Å²) in [5, 5.41) is 11.6. The first-order chi connectivity index (χ1) is 9.81. The van der Waals surface area contributed by atoms with Gasteiger partial charge in [-0.05, 0) is 37.5 Å². The summed E-state index contributed by atoms with van der Waals surface area (Å²) in [6.45, 7) is 1.75. The predicted molar refractivity (Wildman–Crippen MR) is 78.3 cm³/mol. The van der Waals surface area contributed by atoms with Crippen LogP contribution in [0.3, 0.4) is 0 Å². The molecule has 20 heavy (non-hydrogen) atoms. The molecule has 0 saturated heterocycles. The van der Waals surface area contributed by atoms with Crippen LogP contribution in [-0.2, 0) is 9.53 Å². The molecule has 2 N–H and O–H groups in total. The van der Waals surface area contributed by atoms with E-state index < -0.39 is 0 Å². The number of nitrogens with one attached hydrogen (secondary N) is 1. The molecular formula is C16H29NO3. The van der Waals surface area contributed by atoms with Crippen LogP contribution in [0.25, 0.3) is 0 Å². The van der Waals surface area contributed by atoms with E-state index in [1.807, 2.05) is 0 Å². The molecule has 0 radical (unpaired) electrons. The van der Waals surface area contributed by atoms with Gasteiger partial charge >= 0.3 is 0 Å². The Balaban J connectivity index is 1.60. The van der Waals surface area contributed by atoms with Gasteiger partial charge in [0.05, 0.1) is 13.2 Å². The summed E-state index contributed by atoms with van der Waals surface area (Å²) in [4.78, 5) is 12.2. The van der Waals surface area contributed by atoms with E-state index in [0.717, 1.165) is 31.1 Å². The van der Waals surface area contributed by atoms with E-state index in [1.165, 1.54) is 32.1 Å². The van der Waals surface area contributed by atoms with Crippen molar-refractivity contribution in [1.82, 2.24) is 5.32 Å². The van der Waals surface area contributed by atoms with Crippen LogP contribution in [0.2, 0.25) is 0 Å². The van der Waals surface area contributed by atoms with Crippen LogP contribution in [-0.4, -0.2) is 37.4 Å². The highest BCUT2D eigenvalue weighted by Gasteiger charge is 2.34. The highest BCUT2D eigenvalue weighted by atomic mass is 16.5. The quantitative estimate of drug-likeness (QED) is 0.704. The fraction of sp³-hybridized carbons (Fsp3) is 0.938. The molecule has 1 amide bonds. The maximum atomic E-state index is 12.2. The third kappa shape index (κ3) is 4.74. The van der Waals surface area contributed by atoms with E-state index in [4.69, 9.17) is 9.84 Å². The molecule has 2 saturated carbocycles. The number of hydrogen-bond acceptors (Lipinski definition) is 3. The maximum absolute atomic E-state index is 12.2. The molecule has 3 unspecified atom stereocenters. The number of rotatable bonds is 7. The minimum atomic E-state index is 0.0665. The third-order valence-corrected chi connectivity index (χ3v) is 4.91. The van der Waals surface area contributed by atoms with E-state index in [-0.39, 0.29) is 18.4 Å². The average molecular weight is 283 g/mol. The lowest BCUT2D eigenvalue weighted by atomic mass is 9.67. The Morgan fingerprint density at radius 1 is 1.10 bits per heavy atom. The lowest BCUT2D eigenvalue weighted by Crippen LogP contribution is -2.37. The first kappa shape index (κ1) is 15.8. The van der Waals surface area contributed by atoms with Gasteiger partial charge in [-0.15, -0.1) is 0 Å². The van der Waals surface area contributed by atoms with Gasteiger partial charge in [0, 0.05) is 19.1 Å². The van der Waals surface area contributed by atoms with Gasteiger partial charge in [0.25, 0.3) is 0 Å². The van der Waals surface area contributed by atoms with Crippen LogP contribution in [0.1, 0.15) is 51.4 Å². The van der Waals surface area contributed by atoms with Crippen molar-refractivity contribution in [2.75, 3.05) is 26.4 Å². The lowest BCUT2D eigenvalue weighted by molar-refractivity contribution is -0.127. The molecule has 116 valence electrons. The standard InChI is InChI=1S/C16H29NO3/c18-9-11-20-10-3-8-17-16(19)15-7-6-13-4-1-2-5-14(13)12-15/h13-15,18H,1-12H2,(H,17,19). The molecule has 0 aromatic rings. The number of amides is 1. The van der Waals surface area contributed by atoms with Crippen molar-refractivity contribution in [3.8, 4) is 0 Å². The van der Waals surface area contributed by atoms with Gasteiger partial charge in [-0.2, -0.15) is 0 Å². The van der Waals surface area contributed by atoms with Crippen molar-refractivity contribution in [2.24, 2.45) is 17.8 Å². The molecule has 0 spiro atoms. The zero-order chi connectivity index (χ0) is 14.2. The molecule has 0 bridgehead atoms. The summed E-state index contributed by atoms with van der Waals surface area (Å²) in [5.74, 6) is 2.20. The van der Waals surface area contributed by atoms with E-state index in [1.54, 1.807) is 0 Å². The Morgan fingerprint density at radius 2 is 1.90 bits per heavy atom. The maximum Gasteiger partial charge on any atom is 0.223 e. The van der Waals surface area contributed by atoms with Crippen molar-refractivity contribution in [2.45, 2.75) is 51.4 Å². The molecule has 4 heteroatoms. The Bertz CT molecular complexity index is 295. The number of aliphatic hydroxyl groups is 1. The minimum Gasteiger partial charge on any atom is -0.394 e. The van der Waals surface area contributed by atoms with E-state index >= 15 is 0 Å². The van der Waals surface area contributed by atoms with Crippen molar-refractivity contribution >= 4 is 5.91 Å². The second-order valence-corrected chi connectivity index (χ2v) is 6.30. The summed E-state index contributed by atoms with van der Waals surface area (Å²) in [7, 11) is 0. The Kier molecular flexibility index (Phi) is 6.80. The summed E-state index contributed by atoms with van der Waals surface area (Å²) < 4.78 is 5.18. The fourth-order valence-corrected chi connectivity index (χ4v) is 3.81. The first-order valence-electron chi connectivity index (χ1n) is 8.27. The molecular weight excluding hydrogens is 254 g/mol. The molecule has 0 aliphatic heterocycles. The molecule has 2 aliphatic rings. The molecule has 2 fully saturated rings. The van der Waals surface area contributed by atoms with Crippen LogP contribution in [0.15, 0.2) is 0 Å². The van der Waals surface area contributed by atoms with Crippen molar-refractivity contribution in [1.29, 1.82) is 0 Å². The number of aliphatic hydroxyl groups excluding tert-OH is 1. The van der Waals surface area contributed by atoms with E-state index in [9.17, 15) is 4.79 Å². The molecule has 0 aromatic carbocycles. The first-order valence-corrected chi connectivity index (χ1v) is 8.27. The lowest BCUT2D eigenvalue weighted by Gasteiger charge is -2.38. The topological polar surface area (TPSA) is 58.6 Å². The normalized spacial score (nSPS) is 29.8. The summed E-state index contributed by atoms with van der Waals surface area (Å²) in [6, 6.07) is 0. The van der Waals surface area contributed by atoms with Gasteiger partial charge in [-0.3, -0.25) is 4.79 Å². The van der Waals surface area contributed by atoms with Gasteiger partial charge < -0.3 is 15.2 Å². The second kappa shape index (κ2) is 8.63. The van der Waals surface area contributed by atoms with E-state index in [0.29, 0.717) is 19.8 Å². The summed E-state index contributed by atoms with van der Waals surface area (Å²) in [5.41, 5.74) is 0. The molecule has 4 nitrogen and oxygen atoms in total. The minimum absolute atomic E-state index is 0.0665. The predicted octanol–water partition coefficient (Wildman–Crippen LogP) is 2.11. The Hall–Kier alpha value is -0.610. The molecule has 0 heterocycles.